The van der Waals surface area contributed by atoms with E-state index in [4.69, 9.17) is 5.73 Å². The molecule has 2 heteroatoms. The molecule has 0 aromatic carbocycles. The van der Waals surface area contributed by atoms with Gasteiger partial charge in [-0.2, -0.15) is 0 Å². The Bertz CT molecular complexity index is 167. The molecule has 0 spiro atoms. The normalized spacial score (nSPS) is 9.75. The lowest BCUT2D eigenvalue weighted by Gasteiger charge is -1.95. The molecular formula is C6H10N2. The van der Waals surface area contributed by atoms with E-state index in [1.807, 2.05) is 29.9 Å². The van der Waals surface area contributed by atoms with Gasteiger partial charge >= 0.3 is 0 Å². The maximum Gasteiger partial charge on any atom is 0.0334 e. The second-order valence-corrected chi connectivity index (χ2v) is 1.81. The molecule has 2 N–H and O–H groups in total. The number of aromatic nitrogens is 1. The van der Waals surface area contributed by atoms with Crippen molar-refractivity contribution in [3.05, 3.63) is 24.0 Å². The van der Waals surface area contributed by atoms with Crippen molar-refractivity contribution in [2.45, 2.75) is 6.54 Å². The highest BCUT2D eigenvalue weighted by Crippen LogP contribution is 1.95. The van der Waals surface area contributed by atoms with Crippen LogP contribution in [0.25, 0.3) is 0 Å². The van der Waals surface area contributed by atoms with Gasteiger partial charge in [0.2, 0.25) is 0 Å². The molecule has 0 radical (unpaired) electrons. The number of nitrogens with zero attached hydrogens (tertiary/aromatic N) is 1. The Kier molecular flexibility index (Phi) is 1.35. The molecule has 8 heavy (non-hydrogen) atoms. The summed E-state index contributed by atoms with van der Waals surface area (Å²) >= 11 is 0. The van der Waals surface area contributed by atoms with Crippen LogP contribution in [0.4, 0.5) is 0 Å². The lowest BCUT2D eigenvalue weighted by Crippen LogP contribution is -2.01. The van der Waals surface area contributed by atoms with Crippen molar-refractivity contribution in [2.75, 3.05) is 0 Å². The van der Waals surface area contributed by atoms with E-state index in [1.54, 1.807) is 0 Å². The molecule has 0 atom stereocenters. The number of hydrogen-bond donors (Lipinski definition) is 1. The quantitative estimate of drug-likeness (QED) is 0.560. The Balaban J connectivity index is 2.92. The molecule has 0 amide bonds. The van der Waals surface area contributed by atoms with Gasteiger partial charge in [-0.3, -0.25) is 0 Å². The van der Waals surface area contributed by atoms with Crippen molar-refractivity contribution < 1.29 is 0 Å². The summed E-state index contributed by atoms with van der Waals surface area (Å²) in [4.78, 5) is 0. The fourth-order valence-electron chi connectivity index (χ4n) is 0.709. The van der Waals surface area contributed by atoms with Gasteiger partial charge in [0.05, 0.1) is 0 Å². The summed E-state index contributed by atoms with van der Waals surface area (Å²) < 4.78 is 2.01. The fourth-order valence-corrected chi connectivity index (χ4v) is 0.709. The van der Waals surface area contributed by atoms with Crippen LogP contribution >= 0.6 is 0 Å². The molecule has 0 aliphatic heterocycles. The van der Waals surface area contributed by atoms with E-state index in [9.17, 15) is 0 Å². The summed E-state index contributed by atoms with van der Waals surface area (Å²) in [6, 6.07) is 4.00. The van der Waals surface area contributed by atoms with Crippen molar-refractivity contribution >= 4 is 0 Å². The number of nitrogens with two attached hydrogens (primary N) is 1. The third-order valence-electron chi connectivity index (χ3n) is 1.26. The first-order valence-corrected chi connectivity index (χ1v) is 2.65. The minimum Gasteiger partial charge on any atom is -0.353 e. The van der Waals surface area contributed by atoms with Gasteiger partial charge in [-0.25, -0.2) is 0 Å². The predicted octanol–water partition coefficient (Wildman–Crippen LogP) is 0.484. The van der Waals surface area contributed by atoms with E-state index in [1.165, 1.54) is 5.69 Å². The van der Waals surface area contributed by atoms with Crippen LogP contribution in [-0.2, 0) is 13.6 Å². The minimum absolute atomic E-state index is 0.628. The van der Waals surface area contributed by atoms with Crippen LogP contribution in [0.1, 0.15) is 5.69 Å². The topological polar surface area (TPSA) is 30.9 Å². The lowest BCUT2D eigenvalue weighted by atomic mass is 10.4. The Hall–Kier alpha value is -0.760. The van der Waals surface area contributed by atoms with Gasteiger partial charge in [-0.1, -0.05) is 0 Å². The highest BCUT2D eigenvalue weighted by atomic mass is 14.9. The Morgan fingerprint density at radius 1 is 1.75 bits per heavy atom. The average molecular weight is 110 g/mol. The van der Waals surface area contributed by atoms with Gasteiger partial charge in [0.25, 0.3) is 0 Å². The average Bonchev–Trinajstić information content (AvgIpc) is 2.14. The Labute approximate surface area is 48.9 Å². The summed E-state index contributed by atoms with van der Waals surface area (Å²) in [5, 5.41) is 0. The number of aryl methyl sites for hydroxylation is 1. The fraction of sp³-hybridized carbons (Fsp3) is 0.333. The van der Waals surface area contributed by atoms with E-state index in [0.29, 0.717) is 6.54 Å². The molecule has 1 aromatic heterocycles. The van der Waals surface area contributed by atoms with Gasteiger partial charge in [0.15, 0.2) is 0 Å². The SMILES string of the molecule is Cn1cccc1CN. The van der Waals surface area contributed by atoms with Crippen LogP contribution in [0.2, 0.25) is 0 Å². The standard InChI is InChI=1S/C6H10N2/c1-8-4-2-3-6(8)5-7/h2-4H,5,7H2,1H3. The van der Waals surface area contributed by atoms with Gasteiger partial charge in [0, 0.05) is 25.5 Å². The van der Waals surface area contributed by atoms with E-state index < -0.39 is 0 Å². The van der Waals surface area contributed by atoms with E-state index >= 15 is 0 Å². The molecule has 0 bridgehead atoms. The molecular weight excluding hydrogens is 100 g/mol. The summed E-state index contributed by atoms with van der Waals surface area (Å²) in [6.07, 6.45) is 1.99. The van der Waals surface area contributed by atoms with Gasteiger partial charge in [-0.05, 0) is 12.1 Å². The largest absolute Gasteiger partial charge is 0.353 e. The minimum atomic E-state index is 0.628. The van der Waals surface area contributed by atoms with Crippen molar-refractivity contribution in [1.82, 2.24) is 4.57 Å². The molecule has 0 saturated carbocycles. The summed E-state index contributed by atoms with van der Waals surface area (Å²) in [7, 11) is 1.99. The first kappa shape index (κ1) is 5.38. The zero-order chi connectivity index (χ0) is 5.98. The first-order valence-electron chi connectivity index (χ1n) is 2.65. The zero-order valence-electron chi connectivity index (χ0n) is 4.96. The van der Waals surface area contributed by atoms with Gasteiger partial charge in [0.1, 0.15) is 0 Å². The molecule has 2 nitrogen and oxygen atoms in total. The molecule has 0 aliphatic rings. The Morgan fingerprint density at radius 3 is 2.75 bits per heavy atom. The second kappa shape index (κ2) is 2.01. The molecule has 1 aromatic rings. The highest BCUT2D eigenvalue weighted by molar-refractivity contribution is 5.05. The molecule has 0 unspecified atom stereocenters. The van der Waals surface area contributed by atoms with Crippen LogP contribution < -0.4 is 5.73 Å². The predicted molar refractivity (Wildman–Crippen MR) is 33.3 cm³/mol. The van der Waals surface area contributed by atoms with Crippen LogP contribution in [0.5, 0.6) is 0 Å². The second-order valence-electron chi connectivity index (χ2n) is 1.81. The van der Waals surface area contributed by atoms with Crippen LogP contribution in [-0.4, -0.2) is 4.57 Å². The Morgan fingerprint density at radius 2 is 2.50 bits per heavy atom. The number of rotatable bonds is 1. The molecule has 0 aliphatic carbocycles. The lowest BCUT2D eigenvalue weighted by molar-refractivity contribution is 0.824. The zero-order valence-corrected chi connectivity index (χ0v) is 4.96. The monoisotopic (exact) mass is 110 g/mol. The maximum absolute atomic E-state index is 5.37. The third kappa shape index (κ3) is 0.746. The summed E-state index contributed by atoms with van der Waals surface area (Å²) in [6.45, 7) is 0.628. The van der Waals surface area contributed by atoms with Crippen LogP contribution in [0.3, 0.4) is 0 Å². The van der Waals surface area contributed by atoms with Crippen molar-refractivity contribution in [3.63, 3.8) is 0 Å². The summed E-state index contributed by atoms with van der Waals surface area (Å²) in [5.74, 6) is 0. The molecule has 1 heterocycles. The van der Waals surface area contributed by atoms with E-state index in [2.05, 4.69) is 0 Å². The molecule has 44 valence electrons. The van der Waals surface area contributed by atoms with Gasteiger partial charge < -0.3 is 10.3 Å². The molecule has 0 saturated heterocycles. The van der Waals surface area contributed by atoms with E-state index in [-0.39, 0.29) is 0 Å². The maximum atomic E-state index is 5.37. The summed E-state index contributed by atoms with van der Waals surface area (Å²) in [5.41, 5.74) is 6.55. The van der Waals surface area contributed by atoms with E-state index in [0.717, 1.165) is 0 Å². The van der Waals surface area contributed by atoms with Crippen molar-refractivity contribution in [3.8, 4) is 0 Å². The van der Waals surface area contributed by atoms with Gasteiger partial charge in [-0.15, -0.1) is 0 Å². The molecule has 1 rings (SSSR count). The van der Waals surface area contributed by atoms with Crippen LogP contribution in [0.15, 0.2) is 18.3 Å². The number of hydrogen-bond acceptors (Lipinski definition) is 1. The van der Waals surface area contributed by atoms with Crippen molar-refractivity contribution in [2.24, 2.45) is 12.8 Å². The highest BCUT2D eigenvalue weighted by Gasteiger charge is 1.88. The smallest absolute Gasteiger partial charge is 0.0334 e. The first-order chi connectivity index (χ1) is 3.84. The molecule has 0 fully saturated rings. The third-order valence-corrected chi connectivity index (χ3v) is 1.26. The van der Waals surface area contributed by atoms with Crippen LogP contribution in [0, 0.1) is 0 Å². The van der Waals surface area contributed by atoms with Crippen molar-refractivity contribution in [1.29, 1.82) is 0 Å².